The SMILES string of the molecule is CCOCCN(C)c1nc(C(=O)OCC)co1. The molecular formula is C11H18N2O4. The number of hydrogen-bond acceptors (Lipinski definition) is 6. The Kier molecular flexibility index (Phi) is 5.48. The van der Waals surface area contributed by atoms with Crippen LogP contribution < -0.4 is 4.90 Å². The van der Waals surface area contributed by atoms with E-state index in [1.807, 2.05) is 14.0 Å². The van der Waals surface area contributed by atoms with Gasteiger partial charge in [0.05, 0.1) is 13.2 Å². The summed E-state index contributed by atoms with van der Waals surface area (Å²) in [6.45, 7) is 5.91. The summed E-state index contributed by atoms with van der Waals surface area (Å²) < 4.78 is 15.2. The Hall–Kier alpha value is -1.56. The summed E-state index contributed by atoms with van der Waals surface area (Å²) in [7, 11) is 1.82. The summed E-state index contributed by atoms with van der Waals surface area (Å²) in [4.78, 5) is 17.2. The normalized spacial score (nSPS) is 10.3. The van der Waals surface area contributed by atoms with Gasteiger partial charge in [0, 0.05) is 20.2 Å². The predicted molar refractivity (Wildman–Crippen MR) is 62.2 cm³/mol. The van der Waals surface area contributed by atoms with Crippen LogP contribution in [-0.2, 0) is 9.47 Å². The number of likely N-dealkylation sites (N-methyl/N-ethyl adjacent to an activating group) is 1. The van der Waals surface area contributed by atoms with Crippen LogP contribution in [0.15, 0.2) is 10.7 Å². The second-order valence-electron chi connectivity index (χ2n) is 3.35. The minimum atomic E-state index is -0.472. The number of esters is 1. The van der Waals surface area contributed by atoms with Crippen LogP contribution in [0.5, 0.6) is 0 Å². The van der Waals surface area contributed by atoms with Gasteiger partial charge in [-0.2, -0.15) is 4.98 Å². The number of carbonyl (C=O) groups is 1. The largest absolute Gasteiger partial charge is 0.461 e. The fourth-order valence-corrected chi connectivity index (χ4v) is 1.18. The highest BCUT2D eigenvalue weighted by molar-refractivity contribution is 5.87. The number of ether oxygens (including phenoxy) is 2. The van der Waals surface area contributed by atoms with Crippen molar-refractivity contribution in [1.29, 1.82) is 0 Å². The van der Waals surface area contributed by atoms with Gasteiger partial charge in [0.15, 0.2) is 5.69 Å². The van der Waals surface area contributed by atoms with Crippen molar-refractivity contribution in [2.75, 3.05) is 38.3 Å². The maximum absolute atomic E-state index is 11.4. The van der Waals surface area contributed by atoms with Gasteiger partial charge in [-0.25, -0.2) is 4.79 Å². The Balaban J connectivity index is 2.51. The van der Waals surface area contributed by atoms with E-state index in [0.717, 1.165) is 0 Å². The van der Waals surface area contributed by atoms with Gasteiger partial charge in [0.2, 0.25) is 0 Å². The van der Waals surface area contributed by atoms with Gasteiger partial charge in [-0.15, -0.1) is 0 Å². The van der Waals surface area contributed by atoms with Crippen molar-refractivity contribution >= 4 is 12.0 Å². The standard InChI is InChI=1S/C11H18N2O4/c1-4-15-7-6-13(3)11-12-9(8-17-11)10(14)16-5-2/h8H,4-7H2,1-3H3. The van der Waals surface area contributed by atoms with Crippen LogP contribution in [0.4, 0.5) is 6.01 Å². The maximum atomic E-state index is 11.4. The Bertz CT molecular complexity index is 351. The monoisotopic (exact) mass is 242 g/mol. The third-order valence-corrected chi connectivity index (χ3v) is 2.08. The molecule has 0 aliphatic heterocycles. The lowest BCUT2D eigenvalue weighted by atomic mass is 10.5. The molecule has 6 heteroatoms. The summed E-state index contributed by atoms with van der Waals surface area (Å²) in [6.07, 6.45) is 1.30. The molecule has 17 heavy (non-hydrogen) atoms. The second-order valence-corrected chi connectivity index (χ2v) is 3.35. The van der Waals surface area contributed by atoms with Crippen molar-refractivity contribution in [3.63, 3.8) is 0 Å². The number of rotatable bonds is 7. The zero-order valence-corrected chi connectivity index (χ0v) is 10.4. The van der Waals surface area contributed by atoms with E-state index in [-0.39, 0.29) is 5.69 Å². The number of aromatic nitrogens is 1. The van der Waals surface area contributed by atoms with Crippen molar-refractivity contribution in [3.05, 3.63) is 12.0 Å². The average Bonchev–Trinajstić information content (AvgIpc) is 2.79. The fourth-order valence-electron chi connectivity index (χ4n) is 1.18. The van der Waals surface area contributed by atoms with Crippen molar-refractivity contribution in [1.82, 2.24) is 4.98 Å². The zero-order valence-electron chi connectivity index (χ0n) is 10.4. The highest BCUT2D eigenvalue weighted by atomic mass is 16.5. The van der Waals surface area contributed by atoms with Gasteiger partial charge >= 0.3 is 5.97 Å². The predicted octanol–water partition coefficient (Wildman–Crippen LogP) is 1.32. The molecule has 1 aromatic heterocycles. The highest BCUT2D eigenvalue weighted by Gasteiger charge is 2.15. The van der Waals surface area contributed by atoms with Crippen molar-refractivity contribution in [2.45, 2.75) is 13.8 Å². The molecule has 1 aromatic rings. The van der Waals surface area contributed by atoms with Crippen LogP contribution >= 0.6 is 0 Å². The lowest BCUT2D eigenvalue weighted by Crippen LogP contribution is -2.23. The smallest absolute Gasteiger partial charge is 0.360 e. The van der Waals surface area contributed by atoms with E-state index in [9.17, 15) is 4.79 Å². The van der Waals surface area contributed by atoms with Gasteiger partial charge in [-0.3, -0.25) is 0 Å². The molecule has 1 rings (SSSR count). The van der Waals surface area contributed by atoms with Crippen LogP contribution in [0.3, 0.4) is 0 Å². The van der Waals surface area contributed by atoms with Crippen molar-refractivity contribution in [3.8, 4) is 0 Å². The average molecular weight is 242 g/mol. The first-order valence-electron chi connectivity index (χ1n) is 5.60. The molecule has 0 saturated carbocycles. The molecule has 0 spiro atoms. The van der Waals surface area contributed by atoms with Gasteiger partial charge in [-0.1, -0.05) is 0 Å². The minimum Gasteiger partial charge on any atom is -0.461 e. The topological polar surface area (TPSA) is 64.8 Å². The van der Waals surface area contributed by atoms with Crippen LogP contribution in [-0.4, -0.2) is 44.4 Å². The van der Waals surface area contributed by atoms with E-state index in [2.05, 4.69) is 4.98 Å². The lowest BCUT2D eigenvalue weighted by molar-refractivity contribution is 0.0519. The molecule has 0 radical (unpaired) electrons. The van der Waals surface area contributed by atoms with Gasteiger partial charge in [0.1, 0.15) is 6.26 Å². The molecule has 0 N–H and O–H groups in total. The molecule has 0 aliphatic carbocycles. The van der Waals surface area contributed by atoms with E-state index in [4.69, 9.17) is 13.9 Å². The Labute approximate surface area is 101 Å². The summed E-state index contributed by atoms with van der Waals surface area (Å²) in [6, 6.07) is 0.382. The van der Waals surface area contributed by atoms with Gasteiger partial charge < -0.3 is 18.8 Å². The summed E-state index contributed by atoms with van der Waals surface area (Å²) >= 11 is 0. The summed E-state index contributed by atoms with van der Waals surface area (Å²) in [5, 5.41) is 0. The van der Waals surface area contributed by atoms with E-state index in [1.54, 1.807) is 11.8 Å². The highest BCUT2D eigenvalue weighted by Crippen LogP contribution is 2.12. The summed E-state index contributed by atoms with van der Waals surface area (Å²) in [5.41, 5.74) is 0.185. The molecule has 0 unspecified atom stereocenters. The van der Waals surface area contributed by atoms with Crippen molar-refractivity contribution in [2.24, 2.45) is 0 Å². The van der Waals surface area contributed by atoms with E-state index in [0.29, 0.717) is 32.4 Å². The van der Waals surface area contributed by atoms with E-state index < -0.39 is 5.97 Å². The number of oxazole rings is 1. The second kappa shape index (κ2) is 6.90. The van der Waals surface area contributed by atoms with Crippen LogP contribution in [0.25, 0.3) is 0 Å². The molecule has 0 aliphatic rings. The fraction of sp³-hybridized carbons (Fsp3) is 0.636. The number of carbonyl (C=O) groups excluding carboxylic acids is 1. The number of nitrogens with zero attached hydrogens (tertiary/aromatic N) is 2. The Morgan fingerprint density at radius 2 is 2.24 bits per heavy atom. The molecule has 0 bridgehead atoms. The minimum absolute atomic E-state index is 0.185. The molecule has 6 nitrogen and oxygen atoms in total. The van der Waals surface area contributed by atoms with Gasteiger partial charge in [-0.05, 0) is 13.8 Å². The first-order valence-corrected chi connectivity index (χ1v) is 5.60. The van der Waals surface area contributed by atoms with Crippen LogP contribution in [0.2, 0.25) is 0 Å². The molecular weight excluding hydrogens is 224 g/mol. The third-order valence-electron chi connectivity index (χ3n) is 2.08. The lowest BCUT2D eigenvalue weighted by Gasteiger charge is -2.13. The first-order chi connectivity index (χ1) is 8.19. The quantitative estimate of drug-likeness (QED) is 0.531. The molecule has 0 atom stereocenters. The van der Waals surface area contributed by atoms with E-state index >= 15 is 0 Å². The zero-order chi connectivity index (χ0) is 12.7. The van der Waals surface area contributed by atoms with Crippen LogP contribution in [0, 0.1) is 0 Å². The third kappa shape index (κ3) is 4.07. The molecule has 96 valence electrons. The molecule has 0 amide bonds. The molecule has 0 saturated heterocycles. The molecule has 0 fully saturated rings. The Morgan fingerprint density at radius 3 is 2.88 bits per heavy atom. The number of hydrogen-bond donors (Lipinski definition) is 0. The first kappa shape index (κ1) is 13.5. The number of anilines is 1. The molecule has 1 heterocycles. The van der Waals surface area contributed by atoms with Crippen molar-refractivity contribution < 1.29 is 18.7 Å². The van der Waals surface area contributed by atoms with Crippen LogP contribution in [0.1, 0.15) is 24.3 Å². The van der Waals surface area contributed by atoms with E-state index in [1.165, 1.54) is 6.26 Å². The Morgan fingerprint density at radius 1 is 1.47 bits per heavy atom. The maximum Gasteiger partial charge on any atom is 0.360 e. The summed E-state index contributed by atoms with van der Waals surface area (Å²) in [5.74, 6) is -0.472. The van der Waals surface area contributed by atoms with Gasteiger partial charge in [0.25, 0.3) is 6.01 Å². The molecule has 0 aromatic carbocycles.